The molecule has 2 saturated heterocycles. The molecule has 3 heterocycles. The van der Waals surface area contributed by atoms with Gasteiger partial charge in [-0.05, 0) is 17.4 Å². The van der Waals surface area contributed by atoms with Gasteiger partial charge in [-0.3, -0.25) is 19.4 Å². The second-order valence-electron chi connectivity index (χ2n) is 5.42. The zero-order valence-electron chi connectivity index (χ0n) is 13.5. The normalized spacial score (nSPS) is 22.2. The molecule has 1 aromatic heterocycles. The number of hydrogen-bond acceptors (Lipinski definition) is 9. The van der Waals surface area contributed by atoms with E-state index < -0.39 is 30.0 Å². The summed E-state index contributed by atoms with van der Waals surface area (Å²) in [5, 5.41) is 2.92. The maximum absolute atomic E-state index is 12.1. The molecular weight excluding hydrogens is 366 g/mol. The minimum absolute atomic E-state index is 0.0906. The fourth-order valence-electron chi connectivity index (χ4n) is 2.23. The van der Waals surface area contributed by atoms with Crippen molar-refractivity contribution in [3.05, 3.63) is 24.5 Å². The zero-order valence-corrected chi connectivity index (χ0v) is 14.3. The van der Waals surface area contributed by atoms with Crippen LogP contribution >= 0.6 is 11.8 Å². The number of hydrogen-bond donors (Lipinski definition) is 1. The quantitative estimate of drug-likeness (QED) is 0.517. The molecule has 2 aliphatic heterocycles. The number of rotatable bonds is 6. The minimum Gasteiger partial charge on any atom is -0.450 e. The third-order valence-corrected chi connectivity index (χ3v) is 4.48. The molecule has 2 fully saturated rings. The Morgan fingerprint density at radius 2 is 2.27 bits per heavy atom. The standard InChI is InChI=1S/C15H15N3O7S/c19-12(8-26-9-2-1-5-16-6-9)17-10-7-23-18(14(10)21)25-15(22)11-3-4-13(20)24-11/h1-2,5-6,10-11H,3-4,7-8H2,(H,17,19)/t10-,11?/m0/s1. The van der Waals surface area contributed by atoms with Crippen molar-refractivity contribution in [1.29, 1.82) is 0 Å². The number of hydroxylamine groups is 2. The van der Waals surface area contributed by atoms with Crippen molar-refractivity contribution >= 4 is 35.5 Å². The second-order valence-corrected chi connectivity index (χ2v) is 6.46. The van der Waals surface area contributed by atoms with E-state index in [9.17, 15) is 19.2 Å². The molecule has 0 aliphatic carbocycles. The molecule has 138 valence electrons. The van der Waals surface area contributed by atoms with E-state index in [4.69, 9.17) is 14.4 Å². The fourth-order valence-corrected chi connectivity index (χ4v) is 2.92. The average Bonchev–Trinajstić information content (AvgIpc) is 3.22. The van der Waals surface area contributed by atoms with E-state index in [2.05, 4.69) is 10.3 Å². The number of cyclic esters (lactones) is 1. The molecule has 11 heteroatoms. The van der Waals surface area contributed by atoms with E-state index >= 15 is 0 Å². The Morgan fingerprint density at radius 1 is 1.42 bits per heavy atom. The number of thioether (sulfide) groups is 1. The van der Waals surface area contributed by atoms with Crippen molar-refractivity contribution in [2.75, 3.05) is 12.4 Å². The van der Waals surface area contributed by atoms with Gasteiger partial charge in [0.2, 0.25) is 12.0 Å². The molecule has 2 atom stereocenters. The first-order chi connectivity index (χ1) is 12.5. The molecule has 0 bridgehead atoms. The first-order valence-electron chi connectivity index (χ1n) is 7.73. The summed E-state index contributed by atoms with van der Waals surface area (Å²) in [5.41, 5.74) is 0. The van der Waals surface area contributed by atoms with Gasteiger partial charge in [-0.1, -0.05) is 0 Å². The van der Waals surface area contributed by atoms with Crippen LogP contribution in [0, 0.1) is 0 Å². The lowest BCUT2D eigenvalue weighted by Crippen LogP contribution is -2.44. The van der Waals surface area contributed by atoms with E-state index in [0.717, 1.165) is 4.90 Å². The summed E-state index contributed by atoms with van der Waals surface area (Å²) in [4.78, 5) is 61.4. The Labute approximate surface area is 152 Å². The number of amides is 2. The largest absolute Gasteiger partial charge is 0.450 e. The van der Waals surface area contributed by atoms with Gasteiger partial charge in [-0.25, -0.2) is 9.63 Å². The van der Waals surface area contributed by atoms with Crippen molar-refractivity contribution < 1.29 is 33.6 Å². The predicted molar refractivity (Wildman–Crippen MR) is 84.9 cm³/mol. The molecule has 0 spiro atoms. The van der Waals surface area contributed by atoms with Gasteiger partial charge in [0.05, 0.1) is 5.75 Å². The van der Waals surface area contributed by atoms with Crippen LogP contribution in [0.4, 0.5) is 0 Å². The Balaban J connectivity index is 1.44. The van der Waals surface area contributed by atoms with Crippen LogP contribution in [-0.4, -0.2) is 58.5 Å². The van der Waals surface area contributed by atoms with Crippen molar-refractivity contribution in [3.8, 4) is 0 Å². The topological polar surface area (TPSA) is 124 Å². The summed E-state index contributed by atoms with van der Waals surface area (Å²) in [6.45, 7) is -0.167. The average molecular weight is 381 g/mol. The molecule has 0 radical (unpaired) electrons. The van der Waals surface area contributed by atoms with Crippen LogP contribution in [0.5, 0.6) is 0 Å². The summed E-state index contributed by atoms with van der Waals surface area (Å²) in [6.07, 6.45) is 2.50. The predicted octanol–water partition coefficient (Wildman–Crippen LogP) is -0.404. The first-order valence-corrected chi connectivity index (χ1v) is 8.72. The van der Waals surface area contributed by atoms with Crippen LogP contribution in [0.2, 0.25) is 0 Å². The van der Waals surface area contributed by atoms with Gasteiger partial charge in [0.15, 0.2) is 0 Å². The highest BCUT2D eigenvalue weighted by atomic mass is 32.2. The molecule has 10 nitrogen and oxygen atoms in total. The summed E-state index contributed by atoms with van der Waals surface area (Å²) >= 11 is 1.27. The highest BCUT2D eigenvalue weighted by Crippen LogP contribution is 2.18. The van der Waals surface area contributed by atoms with Gasteiger partial charge < -0.3 is 14.9 Å². The molecule has 26 heavy (non-hydrogen) atoms. The number of ether oxygens (including phenoxy) is 1. The molecule has 1 N–H and O–H groups in total. The second kappa shape index (κ2) is 8.15. The highest BCUT2D eigenvalue weighted by Gasteiger charge is 2.40. The van der Waals surface area contributed by atoms with Crippen LogP contribution in [0.15, 0.2) is 29.4 Å². The Morgan fingerprint density at radius 3 is 2.96 bits per heavy atom. The highest BCUT2D eigenvalue weighted by molar-refractivity contribution is 8.00. The van der Waals surface area contributed by atoms with E-state index in [-0.39, 0.29) is 31.1 Å². The lowest BCUT2D eigenvalue weighted by atomic mass is 10.2. The monoisotopic (exact) mass is 381 g/mol. The van der Waals surface area contributed by atoms with E-state index in [1.165, 1.54) is 11.8 Å². The van der Waals surface area contributed by atoms with Crippen LogP contribution in [-0.2, 0) is 33.6 Å². The number of pyridine rings is 1. The van der Waals surface area contributed by atoms with Gasteiger partial charge in [-0.15, -0.1) is 11.8 Å². The molecule has 3 rings (SSSR count). The van der Waals surface area contributed by atoms with Crippen LogP contribution in [0.3, 0.4) is 0 Å². The van der Waals surface area contributed by atoms with E-state index in [1.807, 2.05) is 6.07 Å². The maximum atomic E-state index is 12.1. The molecule has 0 aromatic carbocycles. The number of esters is 1. The fraction of sp³-hybridized carbons (Fsp3) is 0.400. The lowest BCUT2D eigenvalue weighted by molar-refractivity contribution is -0.306. The number of nitrogens with one attached hydrogen (secondary N) is 1. The third kappa shape index (κ3) is 4.49. The van der Waals surface area contributed by atoms with Crippen molar-refractivity contribution in [2.45, 2.75) is 29.9 Å². The summed E-state index contributed by atoms with van der Waals surface area (Å²) < 4.78 is 4.75. The Kier molecular flexibility index (Phi) is 5.68. The van der Waals surface area contributed by atoms with Gasteiger partial charge in [0.25, 0.3) is 0 Å². The Hall–Kier alpha value is -2.66. The van der Waals surface area contributed by atoms with Gasteiger partial charge in [-0.2, -0.15) is 0 Å². The number of nitrogens with zero attached hydrogens (tertiary/aromatic N) is 2. The number of carbonyl (C=O) groups excluding carboxylic acids is 4. The smallest absolute Gasteiger partial charge is 0.375 e. The zero-order chi connectivity index (χ0) is 18.5. The number of aromatic nitrogens is 1. The molecule has 2 aliphatic rings. The summed E-state index contributed by atoms with van der Waals surface area (Å²) in [7, 11) is 0. The summed E-state index contributed by atoms with van der Waals surface area (Å²) in [6, 6.07) is 2.60. The Bertz CT molecular complexity index is 714. The van der Waals surface area contributed by atoms with Gasteiger partial charge >= 0.3 is 17.8 Å². The summed E-state index contributed by atoms with van der Waals surface area (Å²) in [5.74, 6) is -2.41. The maximum Gasteiger partial charge on any atom is 0.375 e. The number of carbonyl (C=O) groups is 4. The third-order valence-electron chi connectivity index (χ3n) is 3.50. The molecule has 2 amide bonds. The SMILES string of the molecule is O=C(CSc1cccnc1)N[C@H]1CON(OC(=O)C2CCC(=O)O2)C1=O. The van der Waals surface area contributed by atoms with Crippen LogP contribution in [0.25, 0.3) is 0 Å². The van der Waals surface area contributed by atoms with Crippen LogP contribution < -0.4 is 5.32 Å². The van der Waals surface area contributed by atoms with Crippen molar-refractivity contribution in [2.24, 2.45) is 0 Å². The molecule has 0 saturated carbocycles. The van der Waals surface area contributed by atoms with Crippen molar-refractivity contribution in [1.82, 2.24) is 15.5 Å². The first kappa shape index (κ1) is 18.1. The minimum atomic E-state index is -1.05. The van der Waals surface area contributed by atoms with Crippen molar-refractivity contribution in [3.63, 3.8) is 0 Å². The molecular formula is C15H15N3O7S. The molecule has 1 aromatic rings. The van der Waals surface area contributed by atoms with Gasteiger partial charge in [0.1, 0.15) is 12.6 Å². The van der Waals surface area contributed by atoms with E-state index in [1.54, 1.807) is 18.5 Å². The van der Waals surface area contributed by atoms with E-state index in [0.29, 0.717) is 5.23 Å². The molecule has 1 unspecified atom stereocenters. The van der Waals surface area contributed by atoms with Gasteiger partial charge in [0, 0.05) is 30.1 Å². The van der Waals surface area contributed by atoms with Crippen LogP contribution in [0.1, 0.15) is 12.8 Å². The lowest BCUT2D eigenvalue weighted by Gasteiger charge is -2.15.